The number of carbonyl (C=O) groups excluding carboxylic acids is 2. The Morgan fingerprint density at radius 2 is 1.86 bits per heavy atom. The van der Waals surface area contributed by atoms with Crippen LogP contribution in [-0.4, -0.2) is 26.7 Å². The van der Waals surface area contributed by atoms with Gasteiger partial charge in [0.05, 0.1) is 11.1 Å². The molecule has 1 fully saturated rings. The first-order valence-electron chi connectivity index (χ1n) is 10.7. The van der Waals surface area contributed by atoms with E-state index in [2.05, 4.69) is 4.98 Å². The number of aromatic amines is 1. The van der Waals surface area contributed by atoms with Gasteiger partial charge in [-0.15, -0.1) is 0 Å². The summed E-state index contributed by atoms with van der Waals surface area (Å²) >= 11 is 0. The molecule has 4 aromatic rings. The molecule has 9 heteroatoms. The molecule has 2 N–H and O–H groups in total. The average molecular weight is 480 g/mol. The van der Waals surface area contributed by atoms with E-state index < -0.39 is 35.2 Å². The van der Waals surface area contributed by atoms with Crippen molar-refractivity contribution in [2.45, 2.75) is 25.7 Å². The van der Waals surface area contributed by atoms with Crippen molar-refractivity contribution in [1.29, 1.82) is 0 Å². The van der Waals surface area contributed by atoms with Gasteiger partial charge in [0.25, 0.3) is 11.7 Å². The smallest absolute Gasteiger partial charge is 0.416 e. The maximum absolute atomic E-state index is 13.2. The van der Waals surface area contributed by atoms with E-state index in [0.29, 0.717) is 16.7 Å². The van der Waals surface area contributed by atoms with Crippen molar-refractivity contribution < 1.29 is 32.3 Å². The Kier molecular flexibility index (Phi) is 5.27. The molecule has 1 amide bonds. The number of amides is 1. The van der Waals surface area contributed by atoms with E-state index in [1.807, 2.05) is 6.07 Å². The van der Waals surface area contributed by atoms with Crippen LogP contribution >= 0.6 is 0 Å². The van der Waals surface area contributed by atoms with Crippen LogP contribution < -0.4 is 0 Å². The summed E-state index contributed by atoms with van der Waals surface area (Å²) in [5.74, 6) is -1.56. The first-order chi connectivity index (χ1) is 16.6. The number of Topliss-reactive ketones (excluding diaryl/α,β-unsaturated/α-hetero) is 1. The van der Waals surface area contributed by atoms with Crippen molar-refractivity contribution >= 4 is 28.4 Å². The molecule has 0 aliphatic carbocycles. The van der Waals surface area contributed by atoms with Crippen LogP contribution in [-0.2, 0) is 22.3 Å². The molecule has 1 aliphatic rings. The topological polar surface area (TPSA) is 86.5 Å². The monoisotopic (exact) mass is 480 g/mol. The van der Waals surface area contributed by atoms with Gasteiger partial charge in [0.15, 0.2) is 0 Å². The molecule has 178 valence electrons. The van der Waals surface area contributed by atoms with Crippen molar-refractivity contribution in [1.82, 2.24) is 9.88 Å². The lowest BCUT2D eigenvalue weighted by Crippen LogP contribution is -2.29. The number of H-pyrrole nitrogens is 1. The van der Waals surface area contributed by atoms with Gasteiger partial charge in [0.1, 0.15) is 23.3 Å². The Labute approximate surface area is 197 Å². The highest BCUT2D eigenvalue weighted by Crippen LogP contribution is 2.42. The largest absolute Gasteiger partial charge is 0.507 e. The van der Waals surface area contributed by atoms with Crippen LogP contribution in [0, 0.1) is 6.92 Å². The molecule has 1 atom stereocenters. The SMILES string of the molecule is Cc1ccc(C2/C(=C(/O)c3c[nH]c4ccccc34)C(=O)C(=O)N2Cc2cccc(C(F)(F)F)c2)o1. The third-order valence-electron chi connectivity index (χ3n) is 6.02. The highest BCUT2D eigenvalue weighted by Gasteiger charge is 2.48. The number of rotatable bonds is 4. The summed E-state index contributed by atoms with van der Waals surface area (Å²) in [5.41, 5.74) is 0.169. The van der Waals surface area contributed by atoms with Gasteiger partial charge >= 0.3 is 6.18 Å². The van der Waals surface area contributed by atoms with Crippen LogP contribution in [0.1, 0.15) is 34.3 Å². The van der Waals surface area contributed by atoms with Crippen LogP contribution in [0.4, 0.5) is 13.2 Å². The molecule has 0 spiro atoms. The molecule has 0 bridgehead atoms. The molecule has 2 aromatic carbocycles. The molecule has 3 heterocycles. The first-order valence-corrected chi connectivity index (χ1v) is 10.7. The Morgan fingerprint density at radius 3 is 2.57 bits per heavy atom. The summed E-state index contributed by atoms with van der Waals surface area (Å²) in [4.78, 5) is 30.4. The van der Waals surface area contributed by atoms with Crippen LogP contribution in [0.15, 0.2) is 76.9 Å². The number of nitrogens with zero attached hydrogens (tertiary/aromatic N) is 1. The van der Waals surface area contributed by atoms with Gasteiger partial charge in [-0.2, -0.15) is 13.2 Å². The van der Waals surface area contributed by atoms with Gasteiger partial charge in [-0.1, -0.05) is 30.3 Å². The lowest BCUT2D eigenvalue weighted by molar-refractivity contribution is -0.140. The molecule has 2 aromatic heterocycles. The van der Waals surface area contributed by atoms with E-state index in [0.717, 1.165) is 22.5 Å². The summed E-state index contributed by atoms with van der Waals surface area (Å²) in [6.07, 6.45) is -3.03. The number of aliphatic hydroxyl groups is 1. The number of hydrogen-bond donors (Lipinski definition) is 2. The van der Waals surface area contributed by atoms with Crippen molar-refractivity contribution in [3.63, 3.8) is 0 Å². The number of aryl methyl sites for hydroxylation is 1. The predicted octanol–water partition coefficient (Wildman–Crippen LogP) is 5.71. The van der Waals surface area contributed by atoms with Gasteiger partial charge in [-0.05, 0) is 42.8 Å². The zero-order valence-electron chi connectivity index (χ0n) is 18.4. The fraction of sp³-hybridized carbons (Fsp3) is 0.154. The summed E-state index contributed by atoms with van der Waals surface area (Å²) in [5, 5.41) is 11.9. The molecular weight excluding hydrogens is 461 g/mol. The molecule has 0 saturated carbocycles. The standard InChI is InChI=1S/C26H19F3N2O4/c1-14-9-10-20(35-14)22-21(23(32)18-12-30-19-8-3-2-7-17(18)19)24(33)25(34)31(22)13-15-5-4-6-16(11-15)26(27,28)29/h2-12,22,30,32H,13H2,1H3/b23-21-. The number of aliphatic hydroxyl groups excluding tert-OH is 1. The van der Waals surface area contributed by atoms with Crippen LogP contribution in [0.5, 0.6) is 0 Å². The van der Waals surface area contributed by atoms with Gasteiger partial charge < -0.3 is 19.4 Å². The molecule has 1 saturated heterocycles. The van der Waals surface area contributed by atoms with Gasteiger partial charge in [-0.25, -0.2) is 0 Å². The van der Waals surface area contributed by atoms with Crippen molar-refractivity contribution in [2.75, 3.05) is 0 Å². The molecule has 0 radical (unpaired) electrons. The number of benzene rings is 2. The van der Waals surface area contributed by atoms with Crippen molar-refractivity contribution in [2.24, 2.45) is 0 Å². The summed E-state index contributed by atoms with van der Waals surface area (Å²) in [6.45, 7) is 1.39. The Balaban J connectivity index is 1.64. The summed E-state index contributed by atoms with van der Waals surface area (Å²) < 4.78 is 45.4. The minimum atomic E-state index is -4.56. The van der Waals surface area contributed by atoms with Gasteiger partial charge in [-0.3, -0.25) is 9.59 Å². The fourth-order valence-electron chi connectivity index (χ4n) is 4.39. The fourth-order valence-corrected chi connectivity index (χ4v) is 4.39. The predicted molar refractivity (Wildman–Crippen MR) is 121 cm³/mol. The molecule has 6 nitrogen and oxygen atoms in total. The Morgan fingerprint density at radius 1 is 1.09 bits per heavy atom. The molecule has 1 unspecified atom stereocenters. The van der Waals surface area contributed by atoms with Gasteiger partial charge in [0.2, 0.25) is 0 Å². The van der Waals surface area contributed by atoms with E-state index in [4.69, 9.17) is 4.42 Å². The Bertz CT molecular complexity index is 1500. The van der Waals surface area contributed by atoms with Crippen LogP contribution in [0.2, 0.25) is 0 Å². The number of ketones is 1. The van der Waals surface area contributed by atoms with E-state index in [1.165, 1.54) is 18.3 Å². The second kappa shape index (κ2) is 8.19. The van der Waals surface area contributed by atoms with Crippen LogP contribution in [0.3, 0.4) is 0 Å². The van der Waals surface area contributed by atoms with Crippen LogP contribution in [0.25, 0.3) is 16.7 Å². The second-order valence-electron chi connectivity index (χ2n) is 8.32. The number of furan rings is 1. The maximum Gasteiger partial charge on any atom is 0.416 e. The maximum atomic E-state index is 13.2. The van der Waals surface area contributed by atoms with E-state index in [9.17, 15) is 27.9 Å². The number of aromatic nitrogens is 1. The minimum Gasteiger partial charge on any atom is -0.507 e. The summed E-state index contributed by atoms with van der Waals surface area (Å²) in [6, 6.07) is 13.8. The first kappa shape index (κ1) is 22.5. The quantitative estimate of drug-likeness (QED) is 0.223. The minimum absolute atomic E-state index is 0.182. The number of para-hydroxylation sites is 1. The van der Waals surface area contributed by atoms with E-state index >= 15 is 0 Å². The number of alkyl halides is 3. The zero-order chi connectivity index (χ0) is 24.9. The van der Waals surface area contributed by atoms with Crippen molar-refractivity contribution in [3.05, 3.63) is 101 Å². The number of nitrogens with one attached hydrogen (secondary N) is 1. The number of fused-ring (bicyclic) bond motifs is 1. The number of carbonyl (C=O) groups is 2. The third kappa shape index (κ3) is 3.88. The molecular formula is C26H19F3N2O4. The Hall–Kier alpha value is -4.27. The molecule has 5 rings (SSSR count). The summed E-state index contributed by atoms with van der Waals surface area (Å²) in [7, 11) is 0. The highest BCUT2D eigenvalue weighted by molar-refractivity contribution is 6.46. The second-order valence-corrected chi connectivity index (χ2v) is 8.32. The lowest BCUT2D eigenvalue weighted by atomic mass is 9.99. The highest BCUT2D eigenvalue weighted by atomic mass is 19.4. The number of hydrogen-bond acceptors (Lipinski definition) is 4. The van der Waals surface area contributed by atoms with E-state index in [1.54, 1.807) is 37.3 Å². The lowest BCUT2D eigenvalue weighted by Gasteiger charge is -2.23. The van der Waals surface area contributed by atoms with E-state index in [-0.39, 0.29) is 23.4 Å². The van der Waals surface area contributed by atoms with Gasteiger partial charge in [0, 0.05) is 29.2 Å². The molecule has 35 heavy (non-hydrogen) atoms. The average Bonchev–Trinajstić information content (AvgIpc) is 3.51. The number of halogens is 3. The third-order valence-corrected chi connectivity index (χ3v) is 6.02. The zero-order valence-corrected chi connectivity index (χ0v) is 18.4. The normalized spacial score (nSPS) is 18.1. The number of likely N-dealkylation sites (tertiary alicyclic amines) is 1. The van der Waals surface area contributed by atoms with Crippen molar-refractivity contribution in [3.8, 4) is 0 Å². The molecule has 1 aliphatic heterocycles.